The molecule has 1 atom stereocenters. The van der Waals surface area contributed by atoms with Crippen molar-refractivity contribution in [1.29, 1.82) is 0 Å². The summed E-state index contributed by atoms with van der Waals surface area (Å²) in [5, 5.41) is 13.7. The predicted molar refractivity (Wildman–Crippen MR) is 97.6 cm³/mol. The van der Waals surface area contributed by atoms with E-state index in [9.17, 15) is 18.3 Å². The lowest BCUT2D eigenvalue weighted by atomic mass is 9.87. The van der Waals surface area contributed by atoms with Crippen molar-refractivity contribution in [3.8, 4) is 0 Å². The molecule has 0 bridgehead atoms. The first-order chi connectivity index (χ1) is 12.9. The number of anilines is 1. The van der Waals surface area contributed by atoms with Gasteiger partial charge in [-0.15, -0.1) is 0 Å². The van der Waals surface area contributed by atoms with Crippen molar-refractivity contribution in [3.63, 3.8) is 0 Å². The molecule has 0 radical (unpaired) electrons. The molecule has 1 aromatic heterocycles. The van der Waals surface area contributed by atoms with Gasteiger partial charge in [0.2, 0.25) is 0 Å². The van der Waals surface area contributed by atoms with Crippen LogP contribution in [-0.2, 0) is 6.18 Å². The second-order valence-electron chi connectivity index (χ2n) is 7.66. The molecule has 148 valence electrons. The van der Waals surface area contributed by atoms with Gasteiger partial charge < -0.3 is 14.4 Å². The molecule has 2 heterocycles. The average molecular weight is 382 g/mol. The number of halogens is 3. The molecule has 0 spiro atoms. The average Bonchev–Trinajstić information content (AvgIpc) is 2.96. The van der Waals surface area contributed by atoms with Crippen molar-refractivity contribution < 1.29 is 22.7 Å². The molecule has 1 unspecified atom stereocenters. The standard InChI is InChI=1S/C20H25F3N2O2/c21-20(22,23)14-6-7-16-15(12-14)17-18(27-16)19(26)24-9-11-25(17)10-8-13-4-2-1-3-5-13/h6-7,12-13,19,24,26H,1-5,8-11H2. The highest BCUT2D eigenvalue weighted by molar-refractivity contribution is 5.94. The number of nitrogens with one attached hydrogen (secondary N) is 1. The molecule has 1 aliphatic heterocycles. The minimum absolute atomic E-state index is 0.311. The normalized spacial score (nSPS) is 22.1. The highest BCUT2D eigenvalue weighted by atomic mass is 19.4. The monoisotopic (exact) mass is 382 g/mol. The summed E-state index contributed by atoms with van der Waals surface area (Å²) in [7, 11) is 0. The van der Waals surface area contributed by atoms with E-state index in [0.717, 1.165) is 25.1 Å². The third kappa shape index (κ3) is 3.80. The zero-order valence-electron chi connectivity index (χ0n) is 15.2. The zero-order chi connectivity index (χ0) is 19.0. The highest BCUT2D eigenvalue weighted by Gasteiger charge is 2.33. The maximum atomic E-state index is 13.2. The van der Waals surface area contributed by atoms with Gasteiger partial charge in [-0.3, -0.25) is 5.32 Å². The summed E-state index contributed by atoms with van der Waals surface area (Å²) in [5.74, 6) is 0.984. The Kier molecular flexibility index (Phi) is 5.07. The van der Waals surface area contributed by atoms with E-state index in [2.05, 4.69) is 10.2 Å². The second kappa shape index (κ2) is 7.36. The van der Waals surface area contributed by atoms with Gasteiger partial charge in [-0.2, -0.15) is 13.2 Å². The van der Waals surface area contributed by atoms with Gasteiger partial charge >= 0.3 is 6.18 Å². The summed E-state index contributed by atoms with van der Waals surface area (Å²) in [4.78, 5) is 2.08. The van der Waals surface area contributed by atoms with Crippen LogP contribution in [0.2, 0.25) is 0 Å². The summed E-state index contributed by atoms with van der Waals surface area (Å²) < 4.78 is 45.3. The predicted octanol–water partition coefficient (Wildman–Crippen LogP) is 4.82. The smallest absolute Gasteiger partial charge is 0.416 e. The van der Waals surface area contributed by atoms with E-state index in [1.807, 2.05) is 0 Å². The van der Waals surface area contributed by atoms with Crippen molar-refractivity contribution in [1.82, 2.24) is 5.32 Å². The van der Waals surface area contributed by atoms with E-state index in [1.165, 1.54) is 38.2 Å². The van der Waals surface area contributed by atoms with Crippen LogP contribution in [0.3, 0.4) is 0 Å². The molecule has 1 saturated carbocycles. The zero-order valence-corrected chi connectivity index (χ0v) is 15.2. The fraction of sp³-hybridized carbons (Fsp3) is 0.600. The van der Waals surface area contributed by atoms with Crippen molar-refractivity contribution in [2.24, 2.45) is 5.92 Å². The molecule has 27 heavy (non-hydrogen) atoms. The van der Waals surface area contributed by atoms with Crippen LogP contribution in [0.15, 0.2) is 22.6 Å². The third-order valence-electron chi connectivity index (χ3n) is 5.83. The molecular formula is C20H25F3N2O2. The molecule has 0 amide bonds. The first-order valence-electron chi connectivity index (χ1n) is 9.73. The lowest BCUT2D eigenvalue weighted by Crippen LogP contribution is -2.31. The van der Waals surface area contributed by atoms with Crippen molar-refractivity contribution in [3.05, 3.63) is 29.5 Å². The minimum Gasteiger partial charge on any atom is -0.455 e. The first-order valence-corrected chi connectivity index (χ1v) is 9.73. The Morgan fingerprint density at radius 2 is 1.96 bits per heavy atom. The number of fused-ring (bicyclic) bond motifs is 3. The van der Waals surface area contributed by atoms with E-state index in [4.69, 9.17) is 4.42 Å². The van der Waals surface area contributed by atoms with Crippen LogP contribution < -0.4 is 10.2 Å². The summed E-state index contributed by atoms with van der Waals surface area (Å²) in [6.07, 6.45) is 1.87. The number of aliphatic hydroxyl groups is 1. The maximum absolute atomic E-state index is 13.2. The van der Waals surface area contributed by atoms with Gasteiger partial charge in [0.1, 0.15) is 5.58 Å². The number of hydrogen-bond donors (Lipinski definition) is 2. The van der Waals surface area contributed by atoms with E-state index in [1.54, 1.807) is 0 Å². The maximum Gasteiger partial charge on any atom is 0.416 e. The Hall–Kier alpha value is -1.73. The number of benzene rings is 1. The van der Waals surface area contributed by atoms with Crippen molar-refractivity contribution >= 4 is 16.7 Å². The van der Waals surface area contributed by atoms with Gasteiger partial charge in [0.05, 0.1) is 11.3 Å². The van der Waals surface area contributed by atoms with Gasteiger partial charge in [-0.25, -0.2) is 0 Å². The first kappa shape index (κ1) is 18.6. The van der Waals surface area contributed by atoms with Crippen LogP contribution in [0.4, 0.5) is 18.9 Å². The molecule has 2 aliphatic rings. The Balaban J connectivity index is 1.68. The van der Waals surface area contributed by atoms with Gasteiger partial charge in [0.25, 0.3) is 0 Å². The van der Waals surface area contributed by atoms with Crippen molar-refractivity contribution in [2.75, 3.05) is 24.5 Å². The quantitative estimate of drug-likeness (QED) is 0.799. The molecule has 7 heteroatoms. The number of rotatable bonds is 3. The number of alkyl halides is 3. The van der Waals surface area contributed by atoms with Gasteiger partial charge in [0.15, 0.2) is 12.0 Å². The molecule has 1 aliphatic carbocycles. The number of furan rings is 1. The van der Waals surface area contributed by atoms with Crippen LogP contribution in [0.5, 0.6) is 0 Å². The second-order valence-corrected chi connectivity index (χ2v) is 7.66. The van der Waals surface area contributed by atoms with Crippen molar-refractivity contribution in [2.45, 2.75) is 50.9 Å². The number of aliphatic hydroxyl groups excluding tert-OH is 1. The summed E-state index contributed by atoms with van der Waals surface area (Å²) in [6, 6.07) is 3.51. The third-order valence-corrected chi connectivity index (χ3v) is 5.83. The molecule has 4 nitrogen and oxygen atoms in total. The van der Waals surface area contributed by atoms with Crippen LogP contribution in [0.25, 0.3) is 11.0 Å². The van der Waals surface area contributed by atoms with E-state index in [-0.39, 0.29) is 0 Å². The van der Waals surface area contributed by atoms with Crippen LogP contribution in [0, 0.1) is 5.92 Å². The summed E-state index contributed by atoms with van der Waals surface area (Å²) in [5.41, 5.74) is 0.278. The number of nitrogens with zero attached hydrogens (tertiary/aromatic N) is 1. The number of hydrogen-bond acceptors (Lipinski definition) is 4. The Labute approximate surface area is 156 Å². The Morgan fingerprint density at radius 1 is 1.19 bits per heavy atom. The highest BCUT2D eigenvalue weighted by Crippen LogP contribution is 2.41. The van der Waals surface area contributed by atoms with Crippen LogP contribution >= 0.6 is 0 Å². The Bertz CT molecular complexity index is 796. The van der Waals surface area contributed by atoms with Gasteiger partial charge in [-0.05, 0) is 30.5 Å². The largest absolute Gasteiger partial charge is 0.455 e. The molecule has 1 aromatic carbocycles. The van der Waals surface area contributed by atoms with E-state index >= 15 is 0 Å². The van der Waals surface area contributed by atoms with E-state index in [0.29, 0.717) is 41.4 Å². The summed E-state index contributed by atoms with van der Waals surface area (Å²) >= 11 is 0. The van der Waals surface area contributed by atoms with Gasteiger partial charge in [0, 0.05) is 25.0 Å². The van der Waals surface area contributed by atoms with Gasteiger partial charge in [-0.1, -0.05) is 32.1 Å². The molecule has 1 fully saturated rings. The topological polar surface area (TPSA) is 48.6 Å². The molecule has 4 rings (SSSR count). The Morgan fingerprint density at radius 3 is 2.70 bits per heavy atom. The lowest BCUT2D eigenvalue weighted by Gasteiger charge is -2.27. The van der Waals surface area contributed by atoms with E-state index < -0.39 is 18.0 Å². The summed E-state index contributed by atoms with van der Waals surface area (Å²) in [6.45, 7) is 1.94. The molecule has 2 N–H and O–H groups in total. The fourth-order valence-electron chi connectivity index (χ4n) is 4.37. The SMILES string of the molecule is OC1NCCN(CCC2CCCCC2)c2c1oc1ccc(C(F)(F)F)cc21. The minimum atomic E-state index is -4.41. The fourth-order valence-corrected chi connectivity index (χ4v) is 4.37. The molecule has 0 saturated heterocycles. The molecule has 2 aromatic rings. The molecular weight excluding hydrogens is 357 g/mol. The van der Waals surface area contributed by atoms with Crippen LogP contribution in [-0.4, -0.2) is 24.7 Å². The lowest BCUT2D eigenvalue weighted by molar-refractivity contribution is -0.137. The van der Waals surface area contributed by atoms with Crippen LogP contribution in [0.1, 0.15) is 56.1 Å².